The van der Waals surface area contributed by atoms with Gasteiger partial charge in [0.25, 0.3) is 0 Å². The molecule has 0 aromatic heterocycles. The van der Waals surface area contributed by atoms with Crippen molar-refractivity contribution in [2.24, 2.45) is 11.8 Å². The standard InChI is InChI=1S/C17H22N2O4/c1-18-15(20)10-11-6-8-12(9-7-11)19-16(21)13-4-2-3-5-14(13)17(22)23/h6-9,13-14H,2-5,10H2,1H3,(H,18,20)(H,19,21)(H,22,23). The number of hydrogen-bond donors (Lipinski definition) is 3. The van der Waals surface area contributed by atoms with Crippen molar-refractivity contribution < 1.29 is 19.5 Å². The fraction of sp³-hybridized carbons (Fsp3) is 0.471. The van der Waals surface area contributed by atoms with Crippen LogP contribution in [0.5, 0.6) is 0 Å². The Bertz CT molecular complexity index is 583. The van der Waals surface area contributed by atoms with Crippen molar-refractivity contribution in [3.8, 4) is 0 Å². The number of nitrogens with one attached hydrogen (secondary N) is 2. The smallest absolute Gasteiger partial charge is 0.307 e. The van der Waals surface area contributed by atoms with E-state index in [1.54, 1.807) is 31.3 Å². The first-order valence-corrected chi connectivity index (χ1v) is 7.84. The van der Waals surface area contributed by atoms with E-state index in [1.807, 2.05) is 0 Å². The molecule has 1 fully saturated rings. The molecule has 2 amide bonds. The monoisotopic (exact) mass is 318 g/mol. The average molecular weight is 318 g/mol. The Morgan fingerprint density at radius 2 is 1.70 bits per heavy atom. The van der Waals surface area contributed by atoms with Gasteiger partial charge in [0.05, 0.1) is 18.3 Å². The summed E-state index contributed by atoms with van der Waals surface area (Å²) in [5, 5.41) is 14.6. The molecule has 23 heavy (non-hydrogen) atoms. The average Bonchev–Trinajstić information content (AvgIpc) is 2.56. The van der Waals surface area contributed by atoms with Crippen LogP contribution >= 0.6 is 0 Å². The van der Waals surface area contributed by atoms with Crippen molar-refractivity contribution in [1.82, 2.24) is 5.32 Å². The van der Waals surface area contributed by atoms with Crippen LogP contribution in [0.4, 0.5) is 5.69 Å². The Hall–Kier alpha value is -2.37. The summed E-state index contributed by atoms with van der Waals surface area (Å²) in [7, 11) is 1.58. The second kappa shape index (κ2) is 7.76. The molecule has 2 unspecified atom stereocenters. The number of aliphatic carboxylic acids is 1. The Kier molecular flexibility index (Phi) is 5.73. The molecule has 1 aromatic carbocycles. The van der Waals surface area contributed by atoms with E-state index >= 15 is 0 Å². The van der Waals surface area contributed by atoms with Gasteiger partial charge in [0.2, 0.25) is 11.8 Å². The zero-order valence-electron chi connectivity index (χ0n) is 13.2. The maximum Gasteiger partial charge on any atom is 0.307 e. The quantitative estimate of drug-likeness (QED) is 0.771. The normalized spacial score (nSPS) is 20.6. The van der Waals surface area contributed by atoms with Crippen LogP contribution in [0.15, 0.2) is 24.3 Å². The molecule has 6 heteroatoms. The van der Waals surface area contributed by atoms with Crippen molar-refractivity contribution >= 4 is 23.5 Å². The van der Waals surface area contributed by atoms with E-state index in [1.165, 1.54) is 0 Å². The summed E-state index contributed by atoms with van der Waals surface area (Å²) in [4.78, 5) is 34.9. The van der Waals surface area contributed by atoms with Gasteiger partial charge in [-0.15, -0.1) is 0 Å². The van der Waals surface area contributed by atoms with Gasteiger partial charge in [-0.3, -0.25) is 14.4 Å². The zero-order valence-corrected chi connectivity index (χ0v) is 13.2. The highest BCUT2D eigenvalue weighted by Gasteiger charge is 2.35. The third-order valence-electron chi connectivity index (χ3n) is 4.28. The van der Waals surface area contributed by atoms with Crippen LogP contribution in [0, 0.1) is 11.8 Å². The summed E-state index contributed by atoms with van der Waals surface area (Å²) in [6.07, 6.45) is 3.19. The van der Waals surface area contributed by atoms with Gasteiger partial charge in [-0.25, -0.2) is 0 Å². The summed E-state index contributed by atoms with van der Waals surface area (Å²) >= 11 is 0. The molecule has 1 aliphatic rings. The molecule has 1 aliphatic carbocycles. The predicted octanol–water partition coefficient (Wildman–Crippen LogP) is 1.80. The molecule has 1 aromatic rings. The van der Waals surface area contributed by atoms with Gasteiger partial charge in [-0.1, -0.05) is 25.0 Å². The van der Waals surface area contributed by atoms with Gasteiger partial charge in [0.1, 0.15) is 0 Å². The highest BCUT2D eigenvalue weighted by Crippen LogP contribution is 2.31. The van der Waals surface area contributed by atoms with Crippen molar-refractivity contribution in [1.29, 1.82) is 0 Å². The highest BCUT2D eigenvalue weighted by molar-refractivity contribution is 5.95. The number of amides is 2. The molecule has 3 N–H and O–H groups in total. The second-order valence-corrected chi connectivity index (χ2v) is 5.87. The number of hydrogen-bond acceptors (Lipinski definition) is 3. The van der Waals surface area contributed by atoms with Crippen LogP contribution in [-0.4, -0.2) is 29.9 Å². The number of rotatable bonds is 5. The van der Waals surface area contributed by atoms with Crippen LogP contribution < -0.4 is 10.6 Å². The van der Waals surface area contributed by atoms with E-state index in [0.29, 0.717) is 18.5 Å². The second-order valence-electron chi connectivity index (χ2n) is 5.87. The van der Waals surface area contributed by atoms with Gasteiger partial charge >= 0.3 is 5.97 Å². The minimum atomic E-state index is -0.897. The van der Waals surface area contributed by atoms with Crippen molar-refractivity contribution in [3.05, 3.63) is 29.8 Å². The van der Waals surface area contributed by atoms with E-state index in [4.69, 9.17) is 0 Å². The third-order valence-corrected chi connectivity index (χ3v) is 4.28. The third kappa shape index (κ3) is 4.55. The van der Waals surface area contributed by atoms with E-state index in [9.17, 15) is 19.5 Å². The zero-order chi connectivity index (χ0) is 16.8. The van der Waals surface area contributed by atoms with E-state index in [2.05, 4.69) is 10.6 Å². The molecule has 2 atom stereocenters. The number of carbonyl (C=O) groups excluding carboxylic acids is 2. The van der Waals surface area contributed by atoms with Crippen LogP contribution in [-0.2, 0) is 20.8 Å². The number of likely N-dealkylation sites (N-methyl/N-ethyl adjacent to an activating group) is 1. The Labute approximate surface area is 135 Å². The van der Waals surface area contributed by atoms with Crippen LogP contribution in [0.2, 0.25) is 0 Å². The van der Waals surface area contributed by atoms with Gasteiger partial charge in [0, 0.05) is 12.7 Å². The lowest BCUT2D eigenvalue weighted by Crippen LogP contribution is -2.36. The van der Waals surface area contributed by atoms with Crippen LogP contribution in [0.25, 0.3) is 0 Å². The summed E-state index contributed by atoms with van der Waals surface area (Å²) in [6, 6.07) is 7.02. The lowest BCUT2D eigenvalue weighted by molar-refractivity contribution is -0.147. The Morgan fingerprint density at radius 1 is 1.09 bits per heavy atom. The maximum atomic E-state index is 12.4. The number of benzene rings is 1. The SMILES string of the molecule is CNC(=O)Cc1ccc(NC(=O)C2CCCCC2C(=O)O)cc1. The predicted molar refractivity (Wildman–Crippen MR) is 85.9 cm³/mol. The fourth-order valence-corrected chi connectivity index (χ4v) is 2.95. The van der Waals surface area contributed by atoms with Crippen molar-refractivity contribution in [2.75, 3.05) is 12.4 Å². The van der Waals surface area contributed by atoms with E-state index in [0.717, 1.165) is 18.4 Å². The first-order valence-electron chi connectivity index (χ1n) is 7.84. The summed E-state index contributed by atoms with van der Waals surface area (Å²) in [5.41, 5.74) is 1.47. The van der Waals surface area contributed by atoms with Gasteiger partial charge in [0.15, 0.2) is 0 Å². The van der Waals surface area contributed by atoms with Gasteiger partial charge in [-0.2, -0.15) is 0 Å². The molecule has 0 aliphatic heterocycles. The summed E-state index contributed by atoms with van der Waals surface area (Å²) in [5.74, 6) is -2.29. The molecular formula is C17H22N2O4. The molecular weight excluding hydrogens is 296 g/mol. The number of carboxylic acid groups (broad SMARTS) is 1. The molecule has 124 valence electrons. The van der Waals surface area contributed by atoms with Crippen molar-refractivity contribution in [3.63, 3.8) is 0 Å². The van der Waals surface area contributed by atoms with Crippen LogP contribution in [0.1, 0.15) is 31.2 Å². The summed E-state index contributed by atoms with van der Waals surface area (Å²) < 4.78 is 0. The Balaban J connectivity index is 1.99. The Morgan fingerprint density at radius 3 is 2.26 bits per heavy atom. The molecule has 0 radical (unpaired) electrons. The molecule has 2 rings (SSSR count). The largest absolute Gasteiger partial charge is 0.481 e. The van der Waals surface area contributed by atoms with Crippen molar-refractivity contribution in [2.45, 2.75) is 32.1 Å². The fourth-order valence-electron chi connectivity index (χ4n) is 2.95. The first-order chi connectivity index (χ1) is 11.0. The molecule has 0 spiro atoms. The number of carboxylic acids is 1. The number of anilines is 1. The molecule has 0 heterocycles. The molecule has 0 saturated heterocycles. The lowest BCUT2D eigenvalue weighted by atomic mass is 9.78. The molecule has 0 bridgehead atoms. The highest BCUT2D eigenvalue weighted by atomic mass is 16.4. The lowest BCUT2D eigenvalue weighted by Gasteiger charge is -2.27. The summed E-state index contributed by atoms with van der Waals surface area (Å²) in [6.45, 7) is 0. The van der Waals surface area contributed by atoms with Gasteiger partial charge < -0.3 is 15.7 Å². The topological polar surface area (TPSA) is 95.5 Å². The minimum absolute atomic E-state index is 0.0757. The number of carbonyl (C=O) groups is 3. The first kappa shape index (κ1) is 17.0. The minimum Gasteiger partial charge on any atom is -0.481 e. The van der Waals surface area contributed by atoms with Gasteiger partial charge in [-0.05, 0) is 30.5 Å². The molecule has 6 nitrogen and oxygen atoms in total. The molecule has 1 saturated carbocycles. The van der Waals surface area contributed by atoms with E-state index in [-0.39, 0.29) is 18.2 Å². The maximum absolute atomic E-state index is 12.4. The van der Waals surface area contributed by atoms with E-state index < -0.39 is 17.8 Å². The van der Waals surface area contributed by atoms with Crippen LogP contribution in [0.3, 0.4) is 0 Å².